The van der Waals surface area contributed by atoms with Crippen molar-refractivity contribution < 1.29 is 4.74 Å². The molecule has 2 heterocycles. The van der Waals surface area contributed by atoms with Crippen LogP contribution in [0.2, 0.25) is 4.34 Å². The number of benzene rings is 1. The molecule has 0 amide bonds. The number of nitrogens with zero attached hydrogens (tertiary/aromatic N) is 2. The Labute approximate surface area is 150 Å². The summed E-state index contributed by atoms with van der Waals surface area (Å²) in [5.41, 5.74) is 3.97. The van der Waals surface area contributed by atoms with Crippen molar-refractivity contribution in [1.82, 2.24) is 4.98 Å². The Kier molecular flexibility index (Phi) is 5.04. The second kappa shape index (κ2) is 7.21. The number of rotatable bonds is 5. The summed E-state index contributed by atoms with van der Waals surface area (Å²) < 4.78 is 6.66. The van der Waals surface area contributed by atoms with Gasteiger partial charge in [-0.25, -0.2) is 10.8 Å². The molecule has 3 rings (SSSR count). The van der Waals surface area contributed by atoms with Crippen molar-refractivity contribution in [1.29, 1.82) is 0 Å². The fraction of sp³-hybridized carbons (Fsp3) is 0.167. The Morgan fingerprint density at radius 1 is 1.17 bits per heavy atom. The molecule has 0 saturated heterocycles. The summed E-state index contributed by atoms with van der Waals surface area (Å²) in [6, 6.07) is 15.6. The summed E-state index contributed by atoms with van der Waals surface area (Å²) in [7, 11) is 1.82. The lowest BCUT2D eigenvalue weighted by Crippen LogP contribution is -2.26. The van der Waals surface area contributed by atoms with E-state index in [0.717, 1.165) is 31.7 Å². The van der Waals surface area contributed by atoms with Gasteiger partial charge in [0.05, 0.1) is 20.6 Å². The number of halogens is 1. The number of pyridine rings is 1. The van der Waals surface area contributed by atoms with Crippen LogP contribution in [0.15, 0.2) is 48.5 Å². The first-order valence-corrected chi connectivity index (χ1v) is 8.66. The quantitative estimate of drug-likeness (QED) is 0.531. The van der Waals surface area contributed by atoms with Gasteiger partial charge in [0.25, 0.3) is 0 Å². The fourth-order valence-corrected chi connectivity index (χ4v) is 3.45. The zero-order chi connectivity index (χ0) is 17.1. The van der Waals surface area contributed by atoms with Crippen molar-refractivity contribution in [3.05, 3.63) is 64.0 Å². The van der Waals surface area contributed by atoms with E-state index in [1.165, 1.54) is 11.3 Å². The Bertz CT molecular complexity index is 848. The molecular weight excluding hydrogens is 342 g/mol. The predicted octanol–water partition coefficient (Wildman–Crippen LogP) is 4.66. The van der Waals surface area contributed by atoms with Gasteiger partial charge < -0.3 is 9.75 Å². The highest BCUT2D eigenvalue weighted by Crippen LogP contribution is 2.31. The standard InChI is InChI=1S/C18H18ClN3OS/c1-12-5-3-7-15(22(2)20)13(12)11-23-18-8-4-6-14(21-18)16-9-10-17(19)24-16/h3-10H,11,20H2,1-2H3. The third-order valence-corrected chi connectivity index (χ3v) is 4.93. The van der Waals surface area contributed by atoms with Gasteiger partial charge in [-0.05, 0) is 36.8 Å². The van der Waals surface area contributed by atoms with Crippen LogP contribution in [0.25, 0.3) is 10.6 Å². The van der Waals surface area contributed by atoms with E-state index in [-0.39, 0.29) is 0 Å². The molecule has 4 nitrogen and oxygen atoms in total. The Morgan fingerprint density at radius 2 is 1.96 bits per heavy atom. The van der Waals surface area contributed by atoms with Gasteiger partial charge in [0.1, 0.15) is 6.61 Å². The molecule has 24 heavy (non-hydrogen) atoms. The minimum atomic E-state index is 0.408. The molecule has 0 saturated carbocycles. The molecule has 0 bridgehead atoms. The van der Waals surface area contributed by atoms with E-state index in [1.54, 1.807) is 5.01 Å². The number of anilines is 1. The van der Waals surface area contributed by atoms with Crippen LogP contribution in [-0.2, 0) is 6.61 Å². The van der Waals surface area contributed by atoms with E-state index < -0.39 is 0 Å². The Morgan fingerprint density at radius 3 is 2.67 bits per heavy atom. The molecule has 2 aromatic heterocycles. The highest BCUT2D eigenvalue weighted by atomic mass is 35.5. The van der Waals surface area contributed by atoms with Gasteiger partial charge in [0.2, 0.25) is 5.88 Å². The largest absolute Gasteiger partial charge is 0.473 e. The molecule has 2 N–H and O–H groups in total. The molecule has 0 fully saturated rings. The second-order valence-corrected chi connectivity index (χ2v) is 7.15. The van der Waals surface area contributed by atoms with Crippen molar-refractivity contribution in [3.8, 4) is 16.5 Å². The first-order valence-electron chi connectivity index (χ1n) is 7.47. The maximum absolute atomic E-state index is 6.00. The van der Waals surface area contributed by atoms with Gasteiger partial charge in [-0.15, -0.1) is 11.3 Å². The van der Waals surface area contributed by atoms with Crippen LogP contribution in [0.1, 0.15) is 11.1 Å². The molecule has 6 heteroatoms. The van der Waals surface area contributed by atoms with E-state index in [0.29, 0.717) is 12.5 Å². The van der Waals surface area contributed by atoms with Crippen LogP contribution in [0.3, 0.4) is 0 Å². The van der Waals surface area contributed by atoms with Crippen LogP contribution in [0, 0.1) is 6.92 Å². The minimum Gasteiger partial charge on any atom is -0.473 e. The van der Waals surface area contributed by atoms with Gasteiger partial charge in [0, 0.05) is 18.7 Å². The van der Waals surface area contributed by atoms with Crippen molar-refractivity contribution in [2.24, 2.45) is 5.84 Å². The lowest BCUT2D eigenvalue weighted by atomic mass is 10.1. The predicted molar refractivity (Wildman–Crippen MR) is 101 cm³/mol. The molecule has 0 aliphatic heterocycles. The van der Waals surface area contributed by atoms with Crippen molar-refractivity contribution in [2.75, 3.05) is 12.1 Å². The van der Waals surface area contributed by atoms with E-state index in [2.05, 4.69) is 4.98 Å². The number of aromatic nitrogens is 1. The van der Waals surface area contributed by atoms with Crippen molar-refractivity contribution in [3.63, 3.8) is 0 Å². The van der Waals surface area contributed by atoms with Gasteiger partial charge in [-0.3, -0.25) is 0 Å². The van der Waals surface area contributed by atoms with Crippen LogP contribution in [-0.4, -0.2) is 12.0 Å². The summed E-state index contributed by atoms with van der Waals surface area (Å²) in [5.74, 6) is 6.48. The van der Waals surface area contributed by atoms with Gasteiger partial charge in [-0.2, -0.15) is 0 Å². The van der Waals surface area contributed by atoms with Gasteiger partial charge in [-0.1, -0.05) is 29.8 Å². The van der Waals surface area contributed by atoms with Crippen LogP contribution in [0.4, 0.5) is 5.69 Å². The van der Waals surface area contributed by atoms with Gasteiger partial charge >= 0.3 is 0 Å². The molecule has 124 valence electrons. The van der Waals surface area contributed by atoms with Crippen molar-refractivity contribution in [2.45, 2.75) is 13.5 Å². The Balaban J connectivity index is 1.81. The average Bonchev–Trinajstić information content (AvgIpc) is 3.00. The molecular formula is C18H18ClN3OS. The summed E-state index contributed by atoms with van der Waals surface area (Å²) in [4.78, 5) is 5.58. The normalized spacial score (nSPS) is 10.7. The number of thiophene rings is 1. The number of hydrogen-bond acceptors (Lipinski definition) is 5. The van der Waals surface area contributed by atoms with E-state index in [4.69, 9.17) is 22.2 Å². The molecule has 0 aliphatic carbocycles. The Hall–Kier alpha value is -2.08. The molecule has 3 aromatic rings. The maximum Gasteiger partial charge on any atom is 0.214 e. The average molecular weight is 360 g/mol. The smallest absolute Gasteiger partial charge is 0.214 e. The number of nitrogens with two attached hydrogens (primary N) is 1. The molecule has 0 radical (unpaired) electrons. The van der Waals surface area contributed by atoms with E-state index in [1.807, 2.05) is 62.5 Å². The lowest BCUT2D eigenvalue weighted by molar-refractivity contribution is 0.294. The van der Waals surface area contributed by atoms with Gasteiger partial charge in [0.15, 0.2) is 0 Å². The number of hydrazine groups is 1. The SMILES string of the molecule is Cc1cccc(N(C)N)c1COc1cccc(-c2ccc(Cl)s2)n1. The zero-order valence-electron chi connectivity index (χ0n) is 13.5. The molecule has 1 aromatic carbocycles. The summed E-state index contributed by atoms with van der Waals surface area (Å²) in [6.45, 7) is 2.45. The summed E-state index contributed by atoms with van der Waals surface area (Å²) in [6.07, 6.45) is 0. The zero-order valence-corrected chi connectivity index (χ0v) is 15.1. The monoisotopic (exact) mass is 359 g/mol. The van der Waals surface area contributed by atoms with E-state index in [9.17, 15) is 0 Å². The highest BCUT2D eigenvalue weighted by Gasteiger charge is 2.10. The van der Waals surface area contributed by atoms with Crippen LogP contribution in [0.5, 0.6) is 5.88 Å². The van der Waals surface area contributed by atoms with E-state index >= 15 is 0 Å². The van der Waals surface area contributed by atoms with Crippen LogP contribution < -0.4 is 15.6 Å². The number of aryl methyl sites for hydroxylation is 1. The number of ether oxygens (including phenoxy) is 1. The summed E-state index contributed by atoms with van der Waals surface area (Å²) >= 11 is 7.50. The second-order valence-electron chi connectivity index (χ2n) is 5.44. The fourth-order valence-electron chi connectivity index (χ4n) is 2.44. The first-order chi connectivity index (χ1) is 11.5. The third-order valence-electron chi connectivity index (χ3n) is 3.68. The van der Waals surface area contributed by atoms with Crippen LogP contribution >= 0.6 is 22.9 Å². The molecule has 0 atom stereocenters. The molecule has 0 spiro atoms. The molecule has 0 unspecified atom stereocenters. The maximum atomic E-state index is 6.00. The lowest BCUT2D eigenvalue weighted by Gasteiger charge is -2.19. The number of hydrogen-bond donors (Lipinski definition) is 1. The first kappa shape index (κ1) is 16.8. The topological polar surface area (TPSA) is 51.4 Å². The van der Waals surface area contributed by atoms with Crippen molar-refractivity contribution >= 4 is 28.6 Å². The minimum absolute atomic E-state index is 0.408. The highest BCUT2D eigenvalue weighted by molar-refractivity contribution is 7.19. The third kappa shape index (κ3) is 3.70. The summed E-state index contributed by atoms with van der Waals surface area (Å²) in [5, 5.41) is 1.60. The molecule has 0 aliphatic rings.